The Labute approximate surface area is 178 Å². The van der Waals surface area contributed by atoms with E-state index < -0.39 is 5.54 Å². The summed E-state index contributed by atoms with van der Waals surface area (Å²) < 4.78 is 0. The molecule has 0 radical (unpaired) electrons. The van der Waals surface area contributed by atoms with Gasteiger partial charge in [0.25, 0.3) is 5.91 Å². The van der Waals surface area contributed by atoms with Crippen molar-refractivity contribution < 1.29 is 14.4 Å². The van der Waals surface area contributed by atoms with E-state index in [1.807, 2.05) is 4.90 Å². The zero-order chi connectivity index (χ0) is 21.3. The van der Waals surface area contributed by atoms with Crippen molar-refractivity contribution in [1.29, 1.82) is 0 Å². The Kier molecular flexibility index (Phi) is 5.71. The van der Waals surface area contributed by atoms with E-state index in [0.717, 1.165) is 38.8 Å². The maximum Gasteiger partial charge on any atom is 0.325 e. The quantitative estimate of drug-likeness (QED) is 0.755. The fourth-order valence-electron chi connectivity index (χ4n) is 5.02. The van der Waals surface area contributed by atoms with Crippen molar-refractivity contribution in [2.45, 2.75) is 57.9 Å². The Morgan fingerprint density at radius 3 is 2.47 bits per heavy atom. The average molecular weight is 413 g/mol. The van der Waals surface area contributed by atoms with Crippen molar-refractivity contribution >= 4 is 23.5 Å². The van der Waals surface area contributed by atoms with Crippen molar-refractivity contribution in [3.8, 4) is 0 Å². The minimum absolute atomic E-state index is 0.0976. The lowest BCUT2D eigenvalue weighted by Crippen LogP contribution is -2.49. The van der Waals surface area contributed by atoms with Crippen LogP contribution in [0.3, 0.4) is 0 Å². The van der Waals surface area contributed by atoms with E-state index in [4.69, 9.17) is 0 Å². The van der Waals surface area contributed by atoms with Gasteiger partial charge in [-0.05, 0) is 50.3 Å². The third kappa shape index (κ3) is 3.77. The summed E-state index contributed by atoms with van der Waals surface area (Å²) in [6.07, 6.45) is 4.31. The topological polar surface area (TPSA) is 73.0 Å². The molecule has 30 heavy (non-hydrogen) atoms. The van der Waals surface area contributed by atoms with Gasteiger partial charge >= 0.3 is 6.03 Å². The molecule has 3 fully saturated rings. The molecule has 0 atom stereocenters. The second kappa shape index (κ2) is 8.28. The molecule has 4 rings (SSSR count). The number of imide groups is 1. The molecule has 4 amide bonds. The van der Waals surface area contributed by atoms with Crippen molar-refractivity contribution in [2.75, 3.05) is 37.6 Å². The third-order valence-corrected chi connectivity index (χ3v) is 7.02. The second-order valence-corrected chi connectivity index (χ2v) is 8.87. The molecule has 2 saturated heterocycles. The van der Waals surface area contributed by atoms with E-state index in [0.29, 0.717) is 32.5 Å². The van der Waals surface area contributed by atoms with Gasteiger partial charge in [0, 0.05) is 44.8 Å². The molecular formula is C23H32N4O3. The number of nitrogens with one attached hydrogen (secondary N) is 1. The fourth-order valence-corrected chi connectivity index (χ4v) is 5.02. The van der Waals surface area contributed by atoms with Crippen LogP contribution in [0.5, 0.6) is 0 Å². The molecule has 0 bridgehead atoms. The molecule has 162 valence electrons. The first-order valence-corrected chi connectivity index (χ1v) is 11.1. The first-order chi connectivity index (χ1) is 14.4. The number of nitrogens with zero attached hydrogens (tertiary/aromatic N) is 3. The molecule has 1 saturated carbocycles. The van der Waals surface area contributed by atoms with E-state index in [1.165, 1.54) is 21.7 Å². The van der Waals surface area contributed by atoms with E-state index in [1.54, 1.807) is 0 Å². The van der Waals surface area contributed by atoms with Crippen LogP contribution in [0.2, 0.25) is 0 Å². The van der Waals surface area contributed by atoms with Crippen LogP contribution in [-0.4, -0.2) is 65.9 Å². The Bertz CT molecular complexity index is 839. The van der Waals surface area contributed by atoms with E-state index in [-0.39, 0.29) is 17.8 Å². The van der Waals surface area contributed by atoms with Gasteiger partial charge in [-0.15, -0.1) is 0 Å². The highest BCUT2D eigenvalue weighted by molar-refractivity contribution is 6.07. The molecule has 7 nitrogen and oxygen atoms in total. The van der Waals surface area contributed by atoms with Crippen LogP contribution in [0, 0.1) is 13.8 Å². The van der Waals surface area contributed by atoms with Crippen molar-refractivity contribution in [3.05, 3.63) is 29.3 Å². The largest absolute Gasteiger partial charge is 0.368 e. The van der Waals surface area contributed by atoms with Gasteiger partial charge in [-0.1, -0.05) is 25.0 Å². The van der Waals surface area contributed by atoms with Gasteiger partial charge in [-0.2, -0.15) is 0 Å². The minimum atomic E-state index is -0.661. The summed E-state index contributed by atoms with van der Waals surface area (Å²) in [6, 6.07) is 6.06. The van der Waals surface area contributed by atoms with Gasteiger partial charge in [-0.25, -0.2) is 4.79 Å². The van der Waals surface area contributed by atoms with Crippen molar-refractivity contribution in [2.24, 2.45) is 0 Å². The number of anilines is 1. The Morgan fingerprint density at radius 1 is 1.07 bits per heavy atom. The lowest BCUT2D eigenvalue weighted by molar-refractivity contribution is -0.133. The maximum absolute atomic E-state index is 12.7. The molecule has 7 heteroatoms. The van der Waals surface area contributed by atoms with Crippen molar-refractivity contribution in [1.82, 2.24) is 15.1 Å². The number of piperazine rings is 1. The van der Waals surface area contributed by atoms with E-state index in [2.05, 4.69) is 42.3 Å². The van der Waals surface area contributed by atoms with Gasteiger partial charge in [0.15, 0.2) is 0 Å². The number of rotatable bonds is 5. The predicted molar refractivity (Wildman–Crippen MR) is 115 cm³/mol. The summed E-state index contributed by atoms with van der Waals surface area (Å²) in [5.41, 5.74) is 3.17. The number of aryl methyl sites for hydroxylation is 1. The summed E-state index contributed by atoms with van der Waals surface area (Å²) >= 11 is 0. The molecule has 1 aromatic rings. The lowest BCUT2D eigenvalue weighted by atomic mass is 9.98. The molecule has 1 spiro atoms. The highest BCUT2D eigenvalue weighted by atomic mass is 16.2. The first kappa shape index (κ1) is 20.7. The standard InChI is InChI=1S/C23H32N4O3/c1-17-7-5-8-19(18(17)2)25-13-15-26(16-14-25)20(28)9-6-12-27-21(29)23(24-22(27)30)10-3-4-11-23/h5,7-8H,3-4,6,9-16H2,1-2H3,(H,24,30). The van der Waals surface area contributed by atoms with Crippen LogP contribution in [0.25, 0.3) is 0 Å². The van der Waals surface area contributed by atoms with Crippen LogP contribution >= 0.6 is 0 Å². The van der Waals surface area contributed by atoms with Gasteiger partial charge < -0.3 is 15.1 Å². The Morgan fingerprint density at radius 2 is 1.77 bits per heavy atom. The summed E-state index contributed by atoms with van der Waals surface area (Å²) in [7, 11) is 0. The van der Waals surface area contributed by atoms with Gasteiger partial charge in [0.05, 0.1) is 0 Å². The SMILES string of the molecule is Cc1cccc(N2CCN(C(=O)CCCN3C(=O)NC4(CCCC4)C3=O)CC2)c1C. The maximum atomic E-state index is 12.7. The van der Waals surface area contributed by atoms with Crippen LogP contribution < -0.4 is 10.2 Å². The summed E-state index contributed by atoms with van der Waals surface area (Å²) in [6.45, 7) is 7.65. The van der Waals surface area contributed by atoms with Crippen LogP contribution in [0.15, 0.2) is 18.2 Å². The monoisotopic (exact) mass is 412 g/mol. The smallest absolute Gasteiger partial charge is 0.325 e. The zero-order valence-electron chi connectivity index (χ0n) is 18.1. The molecule has 2 heterocycles. The third-order valence-electron chi connectivity index (χ3n) is 7.02. The highest BCUT2D eigenvalue weighted by Crippen LogP contribution is 2.35. The van der Waals surface area contributed by atoms with E-state index in [9.17, 15) is 14.4 Å². The van der Waals surface area contributed by atoms with Gasteiger partial charge in [-0.3, -0.25) is 14.5 Å². The van der Waals surface area contributed by atoms with E-state index >= 15 is 0 Å². The lowest BCUT2D eigenvalue weighted by Gasteiger charge is -2.37. The summed E-state index contributed by atoms with van der Waals surface area (Å²) in [4.78, 5) is 43.1. The minimum Gasteiger partial charge on any atom is -0.368 e. The van der Waals surface area contributed by atoms with Crippen LogP contribution in [-0.2, 0) is 9.59 Å². The molecule has 2 aliphatic heterocycles. The van der Waals surface area contributed by atoms with Crippen molar-refractivity contribution in [3.63, 3.8) is 0 Å². The Balaban J connectivity index is 1.24. The van der Waals surface area contributed by atoms with Crippen LogP contribution in [0.4, 0.5) is 10.5 Å². The number of carbonyl (C=O) groups excluding carboxylic acids is 3. The number of hydrogen-bond donors (Lipinski definition) is 1. The average Bonchev–Trinajstić information content (AvgIpc) is 3.30. The normalized spacial score (nSPS) is 20.9. The summed E-state index contributed by atoms with van der Waals surface area (Å²) in [5.74, 6) is 0.0119. The number of carbonyl (C=O) groups is 3. The molecule has 3 aliphatic rings. The molecule has 1 aromatic carbocycles. The van der Waals surface area contributed by atoms with Gasteiger partial charge in [0.1, 0.15) is 5.54 Å². The number of urea groups is 1. The first-order valence-electron chi connectivity index (χ1n) is 11.1. The highest BCUT2D eigenvalue weighted by Gasteiger charge is 2.52. The Hall–Kier alpha value is -2.57. The zero-order valence-corrected chi connectivity index (χ0v) is 18.1. The molecule has 0 aromatic heterocycles. The number of benzene rings is 1. The molecular weight excluding hydrogens is 380 g/mol. The number of hydrogen-bond acceptors (Lipinski definition) is 4. The number of amides is 4. The second-order valence-electron chi connectivity index (χ2n) is 8.87. The molecule has 1 aliphatic carbocycles. The van der Waals surface area contributed by atoms with Gasteiger partial charge in [0.2, 0.25) is 5.91 Å². The molecule has 1 N–H and O–H groups in total. The molecule has 0 unspecified atom stereocenters. The summed E-state index contributed by atoms with van der Waals surface area (Å²) in [5, 5.41) is 2.90. The predicted octanol–water partition coefficient (Wildman–Crippen LogP) is 2.60. The fraction of sp³-hybridized carbons (Fsp3) is 0.609. The van der Waals surface area contributed by atoms with Crippen LogP contribution in [0.1, 0.15) is 49.7 Å².